The smallest absolute Gasteiger partial charge is 0.202 e. The molecule has 5 heteroatoms. The Balaban J connectivity index is 1.96. The van der Waals surface area contributed by atoms with Crippen molar-refractivity contribution in [2.75, 3.05) is 0 Å². The fourth-order valence-electron chi connectivity index (χ4n) is 2.31. The van der Waals surface area contributed by atoms with Crippen LogP contribution in [-0.4, -0.2) is 20.1 Å². The van der Waals surface area contributed by atoms with Gasteiger partial charge in [0.25, 0.3) is 0 Å². The Morgan fingerprint density at radius 2 is 2.15 bits per heavy atom. The van der Waals surface area contributed by atoms with Crippen molar-refractivity contribution in [2.24, 2.45) is 0 Å². The summed E-state index contributed by atoms with van der Waals surface area (Å²) in [5, 5.41) is 5.02. The van der Waals surface area contributed by atoms with E-state index in [-0.39, 0.29) is 0 Å². The molecule has 1 N–H and O–H groups in total. The van der Waals surface area contributed by atoms with E-state index in [1.54, 1.807) is 6.20 Å². The molecule has 3 heterocycles. The molecule has 0 spiro atoms. The van der Waals surface area contributed by atoms with E-state index in [0.717, 1.165) is 34.1 Å². The molecule has 0 fully saturated rings. The van der Waals surface area contributed by atoms with E-state index in [1.165, 1.54) is 0 Å². The van der Waals surface area contributed by atoms with Crippen molar-refractivity contribution in [3.05, 3.63) is 42.2 Å². The maximum Gasteiger partial charge on any atom is 0.202 e. The number of H-pyrrole nitrogens is 1. The van der Waals surface area contributed by atoms with E-state index >= 15 is 0 Å². The highest BCUT2D eigenvalue weighted by atomic mass is 16.5. The van der Waals surface area contributed by atoms with E-state index in [0.29, 0.717) is 11.6 Å². The van der Waals surface area contributed by atoms with Crippen molar-refractivity contribution in [1.82, 2.24) is 20.1 Å². The van der Waals surface area contributed by atoms with Crippen LogP contribution in [0.4, 0.5) is 0 Å². The van der Waals surface area contributed by atoms with Gasteiger partial charge in [-0.05, 0) is 12.5 Å². The van der Waals surface area contributed by atoms with Gasteiger partial charge in [-0.25, -0.2) is 4.98 Å². The first-order valence-electron chi connectivity index (χ1n) is 6.54. The highest BCUT2D eigenvalue weighted by molar-refractivity contribution is 6.02. The zero-order valence-corrected chi connectivity index (χ0v) is 10.9. The van der Waals surface area contributed by atoms with Crippen molar-refractivity contribution < 1.29 is 4.52 Å². The molecule has 0 aliphatic heterocycles. The topological polar surface area (TPSA) is 67.6 Å². The van der Waals surface area contributed by atoms with Crippen molar-refractivity contribution in [3.63, 3.8) is 0 Å². The lowest BCUT2D eigenvalue weighted by atomic mass is 10.2. The molecule has 1 aromatic carbocycles. The zero-order chi connectivity index (χ0) is 13.5. The molecule has 0 saturated heterocycles. The minimum Gasteiger partial charge on any atom is -0.353 e. The highest BCUT2D eigenvalue weighted by Crippen LogP contribution is 2.25. The van der Waals surface area contributed by atoms with E-state index < -0.39 is 0 Å². The van der Waals surface area contributed by atoms with Crippen molar-refractivity contribution in [3.8, 4) is 11.6 Å². The number of benzene rings is 1. The number of aryl methyl sites for hydroxylation is 1. The molecule has 0 atom stereocenters. The average Bonchev–Trinajstić information content (AvgIpc) is 3.13. The molecule has 0 aliphatic carbocycles. The van der Waals surface area contributed by atoms with E-state index in [4.69, 9.17) is 4.52 Å². The quantitative estimate of drug-likeness (QED) is 0.603. The number of hydrogen-bond donors (Lipinski definition) is 1. The lowest BCUT2D eigenvalue weighted by Gasteiger charge is -1.95. The van der Waals surface area contributed by atoms with Crippen LogP contribution in [0.25, 0.3) is 33.5 Å². The third-order valence-corrected chi connectivity index (χ3v) is 3.38. The summed E-state index contributed by atoms with van der Waals surface area (Å²) in [5.74, 6) is 1.34. The molecule has 0 unspecified atom stereocenters. The molecule has 0 saturated carbocycles. The lowest BCUT2D eigenvalue weighted by molar-refractivity contribution is 0.422. The average molecular weight is 264 g/mol. The predicted molar refractivity (Wildman–Crippen MR) is 76.3 cm³/mol. The summed E-state index contributed by atoms with van der Waals surface area (Å²) in [6, 6.07) is 9.87. The van der Waals surface area contributed by atoms with Crippen LogP contribution >= 0.6 is 0 Å². The summed E-state index contributed by atoms with van der Waals surface area (Å²) < 4.78 is 5.32. The number of nitrogens with one attached hydrogen (secondary N) is 1. The van der Waals surface area contributed by atoms with Gasteiger partial charge >= 0.3 is 0 Å². The number of aromatic amines is 1. The van der Waals surface area contributed by atoms with E-state index in [1.807, 2.05) is 37.3 Å². The molecule has 5 nitrogen and oxygen atoms in total. The van der Waals surface area contributed by atoms with Crippen molar-refractivity contribution in [1.29, 1.82) is 0 Å². The number of aromatic nitrogens is 4. The lowest BCUT2D eigenvalue weighted by Crippen LogP contribution is -1.79. The number of rotatable bonds is 2. The first kappa shape index (κ1) is 11.2. The summed E-state index contributed by atoms with van der Waals surface area (Å²) in [4.78, 5) is 12.3. The van der Waals surface area contributed by atoms with Gasteiger partial charge in [0, 0.05) is 11.5 Å². The fourth-order valence-corrected chi connectivity index (χ4v) is 2.31. The van der Waals surface area contributed by atoms with Crippen LogP contribution in [0, 0.1) is 0 Å². The molecular formula is C15H12N4O. The fraction of sp³-hybridized carbons (Fsp3) is 0.133. The normalized spacial score (nSPS) is 11.4. The van der Waals surface area contributed by atoms with Crippen molar-refractivity contribution >= 4 is 21.9 Å². The summed E-state index contributed by atoms with van der Waals surface area (Å²) in [5.41, 5.74) is 3.65. The zero-order valence-electron chi connectivity index (χ0n) is 10.9. The molecule has 20 heavy (non-hydrogen) atoms. The van der Waals surface area contributed by atoms with Gasteiger partial charge in [0.1, 0.15) is 5.52 Å². The van der Waals surface area contributed by atoms with Gasteiger partial charge in [0.05, 0.1) is 22.9 Å². The maximum absolute atomic E-state index is 5.32. The third kappa shape index (κ3) is 1.60. The molecule has 0 aliphatic rings. The first-order valence-corrected chi connectivity index (χ1v) is 6.54. The van der Waals surface area contributed by atoms with E-state index in [2.05, 4.69) is 20.1 Å². The molecule has 0 radical (unpaired) electrons. The Bertz CT molecular complexity index is 906. The number of pyridine rings is 1. The van der Waals surface area contributed by atoms with Gasteiger partial charge in [-0.2, -0.15) is 0 Å². The van der Waals surface area contributed by atoms with Gasteiger partial charge < -0.3 is 9.51 Å². The number of hydrogen-bond acceptors (Lipinski definition) is 4. The number of fused-ring (bicyclic) bond motifs is 3. The van der Waals surface area contributed by atoms with Crippen LogP contribution in [-0.2, 0) is 6.42 Å². The van der Waals surface area contributed by atoms with Crippen LogP contribution in [0.15, 0.2) is 41.1 Å². The van der Waals surface area contributed by atoms with Gasteiger partial charge in [-0.3, -0.25) is 4.98 Å². The van der Waals surface area contributed by atoms with Crippen LogP contribution in [0.3, 0.4) is 0 Å². The van der Waals surface area contributed by atoms with Gasteiger partial charge in [0.2, 0.25) is 5.76 Å². The van der Waals surface area contributed by atoms with Crippen LogP contribution < -0.4 is 0 Å². The van der Waals surface area contributed by atoms with Gasteiger partial charge in [-0.15, -0.1) is 0 Å². The second-order valence-corrected chi connectivity index (χ2v) is 4.66. The number of imidazole rings is 1. The second-order valence-electron chi connectivity index (χ2n) is 4.66. The molecular weight excluding hydrogens is 252 g/mol. The van der Waals surface area contributed by atoms with Gasteiger partial charge in [0.15, 0.2) is 5.82 Å². The Hall–Kier alpha value is -2.69. The highest BCUT2D eigenvalue weighted by Gasteiger charge is 2.12. The Morgan fingerprint density at radius 3 is 3.00 bits per heavy atom. The first-order chi connectivity index (χ1) is 9.85. The third-order valence-electron chi connectivity index (χ3n) is 3.38. The van der Waals surface area contributed by atoms with Crippen LogP contribution in [0.5, 0.6) is 0 Å². The SMILES string of the molecule is CCc1cc(-c2nc3c(cnc4ccccc43)[nH]2)on1. The standard InChI is InChI=1S/C15H12N4O/c1-2-9-7-13(20-19-9)15-17-12-8-16-11-6-4-3-5-10(11)14(12)18-15/h3-8H,2H2,1H3,(H,17,18). The number of nitrogens with zero attached hydrogens (tertiary/aromatic N) is 3. The minimum atomic E-state index is 0.655. The van der Waals surface area contributed by atoms with E-state index in [9.17, 15) is 0 Å². The van der Waals surface area contributed by atoms with Crippen molar-refractivity contribution in [2.45, 2.75) is 13.3 Å². The summed E-state index contributed by atoms with van der Waals surface area (Å²) in [7, 11) is 0. The Labute approximate surface area is 114 Å². The maximum atomic E-state index is 5.32. The molecule has 3 aromatic heterocycles. The predicted octanol–water partition coefficient (Wildman–Crippen LogP) is 3.33. The van der Waals surface area contributed by atoms with Crippen LogP contribution in [0.1, 0.15) is 12.6 Å². The van der Waals surface area contributed by atoms with Gasteiger partial charge in [-0.1, -0.05) is 30.3 Å². The minimum absolute atomic E-state index is 0.655. The number of para-hydroxylation sites is 1. The molecule has 0 bridgehead atoms. The van der Waals surface area contributed by atoms with Crippen LogP contribution in [0.2, 0.25) is 0 Å². The largest absolute Gasteiger partial charge is 0.353 e. The second kappa shape index (κ2) is 4.16. The Morgan fingerprint density at radius 1 is 1.25 bits per heavy atom. The molecule has 4 rings (SSSR count). The summed E-state index contributed by atoms with van der Waals surface area (Å²) in [6.07, 6.45) is 2.64. The summed E-state index contributed by atoms with van der Waals surface area (Å²) in [6.45, 7) is 2.04. The summed E-state index contributed by atoms with van der Waals surface area (Å²) >= 11 is 0. The Kier molecular flexibility index (Phi) is 2.32. The molecule has 0 amide bonds. The molecule has 98 valence electrons. The monoisotopic (exact) mass is 264 g/mol. The molecule has 4 aromatic rings.